The number of allylic oxidation sites excluding steroid dienone is 24. The molecule has 1 aliphatic rings. The molecule has 0 atom stereocenters. The van der Waals surface area contributed by atoms with Crippen LogP contribution in [0.3, 0.4) is 0 Å². The quantitative estimate of drug-likeness (QED) is 0.393. The van der Waals surface area contributed by atoms with Gasteiger partial charge in [0, 0.05) is 0 Å². The van der Waals surface area contributed by atoms with E-state index in [1.165, 1.54) is 19.3 Å². The first kappa shape index (κ1) is 23.9. The Morgan fingerprint density at radius 2 is 0.414 bits per heavy atom. The smallest absolute Gasteiger partial charge is 0.0348 e. The van der Waals surface area contributed by atoms with E-state index in [1.807, 2.05) is 97.2 Å². The third-order valence-electron chi connectivity index (χ3n) is 3.85. The van der Waals surface area contributed by atoms with E-state index < -0.39 is 0 Å². The van der Waals surface area contributed by atoms with Crippen LogP contribution >= 0.6 is 0 Å². The molecule has 0 unspecified atom stereocenters. The van der Waals surface area contributed by atoms with Crippen molar-refractivity contribution in [1.29, 1.82) is 0 Å². The van der Waals surface area contributed by atoms with Crippen molar-refractivity contribution in [1.82, 2.24) is 0 Å². The highest BCUT2D eigenvalue weighted by atomic mass is 13.9. The minimum atomic E-state index is 1.15. The van der Waals surface area contributed by atoms with E-state index in [2.05, 4.69) is 48.6 Å². The van der Waals surface area contributed by atoms with Crippen LogP contribution in [0.15, 0.2) is 146 Å². The molecule has 0 aromatic rings. The standard InChI is InChI=1S/C29H34/c1-2-4-6-8-10-12-14-16-18-20-22-24-26-28-29-27-25-23-21-19-17-15-13-11-9-7-5-3-1/h1-24H,25-29H2. The van der Waals surface area contributed by atoms with Crippen LogP contribution in [0, 0.1) is 0 Å². The molecule has 0 spiro atoms. The third kappa shape index (κ3) is 19.4. The summed E-state index contributed by atoms with van der Waals surface area (Å²) < 4.78 is 0. The average Bonchev–Trinajstić information content (AvgIpc) is 2.73. The fourth-order valence-corrected chi connectivity index (χ4v) is 2.33. The Balaban J connectivity index is 2.53. The molecule has 0 radical (unpaired) electrons. The lowest BCUT2D eigenvalue weighted by atomic mass is 10.1. The topological polar surface area (TPSA) is 0 Å². The number of hydrogen-bond acceptors (Lipinski definition) is 0. The van der Waals surface area contributed by atoms with Crippen molar-refractivity contribution < 1.29 is 0 Å². The zero-order valence-electron chi connectivity index (χ0n) is 17.4. The maximum atomic E-state index is 2.25. The maximum Gasteiger partial charge on any atom is -0.0348 e. The molecule has 0 amide bonds. The molecule has 0 bridgehead atoms. The Kier molecular flexibility index (Phi) is 17.5. The van der Waals surface area contributed by atoms with Gasteiger partial charge in [-0.15, -0.1) is 0 Å². The largest absolute Gasteiger partial charge is 0.0845 e. The molecule has 150 valence electrons. The van der Waals surface area contributed by atoms with Crippen LogP contribution in [0.5, 0.6) is 0 Å². The molecule has 1 aliphatic carbocycles. The molecule has 0 aromatic carbocycles. The first-order valence-electron chi connectivity index (χ1n) is 10.5. The fourth-order valence-electron chi connectivity index (χ4n) is 2.33. The summed E-state index contributed by atoms with van der Waals surface area (Å²) in [7, 11) is 0. The Hall–Kier alpha value is -3.12. The SMILES string of the molecule is C1=CC=CC=CC=CC=CC=CCCCCCC=CC=CC=CC=CC=CC=C1. The molecule has 0 saturated heterocycles. The van der Waals surface area contributed by atoms with E-state index in [-0.39, 0.29) is 0 Å². The van der Waals surface area contributed by atoms with E-state index in [9.17, 15) is 0 Å². The third-order valence-corrected chi connectivity index (χ3v) is 3.85. The molecule has 29 heavy (non-hydrogen) atoms. The van der Waals surface area contributed by atoms with Gasteiger partial charge in [0.15, 0.2) is 0 Å². The van der Waals surface area contributed by atoms with Crippen LogP contribution in [-0.4, -0.2) is 0 Å². The normalized spacial score (nSPS) is 17.4. The van der Waals surface area contributed by atoms with Gasteiger partial charge in [-0.25, -0.2) is 0 Å². The molecule has 1 rings (SSSR count). The van der Waals surface area contributed by atoms with Gasteiger partial charge in [0.05, 0.1) is 0 Å². The van der Waals surface area contributed by atoms with Crippen LogP contribution in [0.25, 0.3) is 0 Å². The number of hydrogen-bond donors (Lipinski definition) is 0. The molecule has 0 heterocycles. The Morgan fingerprint density at radius 1 is 0.207 bits per heavy atom. The molecule has 0 aliphatic heterocycles. The zero-order valence-corrected chi connectivity index (χ0v) is 17.4. The van der Waals surface area contributed by atoms with E-state index in [0.29, 0.717) is 0 Å². The highest BCUT2D eigenvalue weighted by Gasteiger charge is 1.84. The van der Waals surface area contributed by atoms with E-state index >= 15 is 0 Å². The summed E-state index contributed by atoms with van der Waals surface area (Å²) in [6.45, 7) is 0. The van der Waals surface area contributed by atoms with Crippen LogP contribution in [0.2, 0.25) is 0 Å². The van der Waals surface area contributed by atoms with Gasteiger partial charge in [-0.2, -0.15) is 0 Å². The highest BCUT2D eigenvalue weighted by Crippen LogP contribution is 2.04. The summed E-state index contributed by atoms with van der Waals surface area (Å²) in [5.74, 6) is 0. The molecular formula is C29H34. The predicted octanol–water partition coefficient (Wildman–Crippen LogP) is 8.62. The Morgan fingerprint density at radius 3 is 0.655 bits per heavy atom. The first-order valence-corrected chi connectivity index (χ1v) is 10.5. The second-order valence-electron chi connectivity index (χ2n) is 6.34. The van der Waals surface area contributed by atoms with Gasteiger partial charge in [-0.1, -0.05) is 152 Å². The van der Waals surface area contributed by atoms with Gasteiger partial charge in [0.1, 0.15) is 0 Å². The Labute approximate surface area is 178 Å². The molecule has 0 saturated carbocycles. The average molecular weight is 383 g/mol. The Bertz CT molecular complexity index is 671. The lowest BCUT2D eigenvalue weighted by Gasteiger charge is -1.94. The summed E-state index contributed by atoms with van der Waals surface area (Å²) >= 11 is 0. The predicted molar refractivity (Wildman–Crippen MR) is 133 cm³/mol. The van der Waals surface area contributed by atoms with Crippen LogP contribution in [0.1, 0.15) is 32.1 Å². The van der Waals surface area contributed by atoms with Crippen molar-refractivity contribution in [2.75, 3.05) is 0 Å². The molecule has 0 heteroatoms. The van der Waals surface area contributed by atoms with Crippen LogP contribution in [-0.2, 0) is 0 Å². The summed E-state index contributed by atoms with van der Waals surface area (Å²) in [6, 6.07) is 0. The first-order chi connectivity index (χ1) is 14.5. The van der Waals surface area contributed by atoms with E-state index in [0.717, 1.165) is 12.8 Å². The lowest BCUT2D eigenvalue weighted by molar-refractivity contribution is 0.696. The highest BCUT2D eigenvalue weighted by molar-refractivity contribution is 5.23. The van der Waals surface area contributed by atoms with Crippen molar-refractivity contribution >= 4 is 0 Å². The zero-order chi connectivity index (χ0) is 20.5. The van der Waals surface area contributed by atoms with Gasteiger partial charge in [0.2, 0.25) is 0 Å². The number of rotatable bonds is 0. The summed E-state index contributed by atoms with van der Waals surface area (Å²) in [4.78, 5) is 0. The van der Waals surface area contributed by atoms with Crippen molar-refractivity contribution in [3.63, 3.8) is 0 Å². The van der Waals surface area contributed by atoms with Gasteiger partial charge >= 0.3 is 0 Å². The fraction of sp³-hybridized carbons (Fsp3) is 0.172. The molecular weight excluding hydrogens is 348 g/mol. The van der Waals surface area contributed by atoms with Gasteiger partial charge < -0.3 is 0 Å². The lowest BCUT2D eigenvalue weighted by Crippen LogP contribution is -1.74. The maximum absolute atomic E-state index is 2.25. The second kappa shape index (κ2) is 21.2. The second-order valence-corrected chi connectivity index (χ2v) is 6.34. The van der Waals surface area contributed by atoms with Gasteiger partial charge in [-0.05, 0) is 25.7 Å². The summed E-state index contributed by atoms with van der Waals surface area (Å²) in [5.41, 5.74) is 0. The summed E-state index contributed by atoms with van der Waals surface area (Å²) in [6.07, 6.45) is 55.5. The summed E-state index contributed by atoms with van der Waals surface area (Å²) in [5, 5.41) is 0. The minimum absolute atomic E-state index is 1.15. The van der Waals surface area contributed by atoms with Crippen molar-refractivity contribution in [2.45, 2.75) is 32.1 Å². The van der Waals surface area contributed by atoms with Crippen LogP contribution < -0.4 is 0 Å². The molecule has 0 fully saturated rings. The molecule has 0 N–H and O–H groups in total. The minimum Gasteiger partial charge on any atom is -0.0845 e. The molecule has 0 aromatic heterocycles. The van der Waals surface area contributed by atoms with Gasteiger partial charge in [0.25, 0.3) is 0 Å². The van der Waals surface area contributed by atoms with Crippen molar-refractivity contribution in [2.24, 2.45) is 0 Å². The van der Waals surface area contributed by atoms with Gasteiger partial charge in [-0.3, -0.25) is 0 Å². The van der Waals surface area contributed by atoms with E-state index in [1.54, 1.807) is 0 Å². The van der Waals surface area contributed by atoms with Crippen molar-refractivity contribution in [3.8, 4) is 0 Å². The van der Waals surface area contributed by atoms with Crippen LogP contribution in [0.4, 0.5) is 0 Å². The van der Waals surface area contributed by atoms with E-state index in [4.69, 9.17) is 0 Å². The van der Waals surface area contributed by atoms with Crippen molar-refractivity contribution in [3.05, 3.63) is 146 Å². The molecule has 0 nitrogen and oxygen atoms in total. The monoisotopic (exact) mass is 382 g/mol.